The lowest BCUT2D eigenvalue weighted by atomic mass is 9.90. The third-order valence-electron chi connectivity index (χ3n) is 4.71. The van der Waals surface area contributed by atoms with Crippen LogP contribution in [0.1, 0.15) is 24.3 Å². The monoisotopic (exact) mass is 439 g/mol. The molecule has 0 bridgehead atoms. The fraction of sp³-hybridized carbons (Fsp3) is 0.318. The van der Waals surface area contributed by atoms with Crippen molar-refractivity contribution in [1.29, 1.82) is 0 Å². The van der Waals surface area contributed by atoms with Gasteiger partial charge < -0.3 is 19.5 Å². The molecule has 0 saturated carbocycles. The van der Waals surface area contributed by atoms with E-state index < -0.39 is 35.2 Å². The van der Waals surface area contributed by atoms with Crippen LogP contribution in [-0.4, -0.2) is 25.7 Å². The summed E-state index contributed by atoms with van der Waals surface area (Å²) < 4.78 is 70.1. The minimum atomic E-state index is -4.68. The first-order chi connectivity index (χ1) is 14.6. The summed E-state index contributed by atoms with van der Waals surface area (Å²) in [6, 6.07) is 9.18. The van der Waals surface area contributed by atoms with Gasteiger partial charge >= 0.3 is 6.18 Å². The van der Waals surface area contributed by atoms with Crippen LogP contribution < -0.4 is 10.1 Å². The van der Waals surface area contributed by atoms with Crippen LogP contribution in [0.3, 0.4) is 0 Å². The fourth-order valence-corrected chi connectivity index (χ4v) is 2.97. The van der Waals surface area contributed by atoms with Gasteiger partial charge in [-0.1, -0.05) is 30.9 Å². The van der Waals surface area contributed by atoms with E-state index in [1.807, 2.05) is 0 Å². The number of anilines is 1. The number of ether oxygens (including phenoxy) is 3. The molecule has 2 aromatic carbocycles. The minimum absolute atomic E-state index is 0.0549. The molecule has 1 N–H and O–H groups in total. The number of rotatable bonds is 6. The summed E-state index contributed by atoms with van der Waals surface area (Å²) in [6.45, 7) is 4.65. The zero-order valence-corrected chi connectivity index (χ0v) is 16.7. The van der Waals surface area contributed by atoms with Crippen molar-refractivity contribution in [2.45, 2.75) is 19.4 Å². The lowest BCUT2D eigenvalue weighted by molar-refractivity contribution is -0.227. The van der Waals surface area contributed by atoms with Crippen LogP contribution in [0.2, 0.25) is 0 Å². The van der Waals surface area contributed by atoms with Crippen molar-refractivity contribution in [2.24, 2.45) is 5.41 Å². The SMILES string of the molecule is C=CCOc1ccc(NC(=O)C2(C)COC(c3ccccc3F)OC2)cc1C(F)(F)F. The molecule has 0 atom stereocenters. The molecular weight excluding hydrogens is 418 g/mol. The van der Waals surface area contributed by atoms with Crippen LogP contribution in [0, 0.1) is 11.2 Å². The molecule has 2 aromatic rings. The van der Waals surface area contributed by atoms with Gasteiger partial charge in [0.05, 0.1) is 24.2 Å². The number of halogens is 4. The van der Waals surface area contributed by atoms with Gasteiger partial charge in [0.15, 0.2) is 6.29 Å². The largest absolute Gasteiger partial charge is 0.489 e. The topological polar surface area (TPSA) is 56.8 Å². The van der Waals surface area contributed by atoms with E-state index in [4.69, 9.17) is 14.2 Å². The van der Waals surface area contributed by atoms with Crippen LogP contribution in [0.5, 0.6) is 5.75 Å². The lowest BCUT2D eigenvalue weighted by Gasteiger charge is -2.36. The third kappa shape index (κ3) is 5.23. The molecule has 1 aliphatic heterocycles. The maximum Gasteiger partial charge on any atom is 0.420 e. The first kappa shape index (κ1) is 22.8. The van der Waals surface area contributed by atoms with Crippen LogP contribution in [0.15, 0.2) is 55.1 Å². The van der Waals surface area contributed by atoms with Crippen molar-refractivity contribution in [3.63, 3.8) is 0 Å². The summed E-state index contributed by atoms with van der Waals surface area (Å²) >= 11 is 0. The molecule has 1 aliphatic rings. The summed E-state index contributed by atoms with van der Waals surface area (Å²) in [5.41, 5.74) is -2.05. The van der Waals surface area contributed by atoms with Crippen LogP contribution in [-0.2, 0) is 20.4 Å². The fourth-order valence-electron chi connectivity index (χ4n) is 2.97. The molecule has 1 saturated heterocycles. The molecule has 0 aromatic heterocycles. The van der Waals surface area contributed by atoms with Gasteiger partial charge in [0.25, 0.3) is 0 Å². The first-order valence-electron chi connectivity index (χ1n) is 9.38. The Balaban J connectivity index is 1.71. The Labute approximate surface area is 176 Å². The van der Waals surface area contributed by atoms with E-state index in [2.05, 4.69) is 11.9 Å². The molecule has 1 amide bonds. The zero-order valence-electron chi connectivity index (χ0n) is 16.7. The lowest BCUT2D eigenvalue weighted by Crippen LogP contribution is -2.45. The minimum Gasteiger partial charge on any atom is -0.489 e. The average Bonchev–Trinajstić information content (AvgIpc) is 2.73. The van der Waals surface area contributed by atoms with Crippen LogP contribution >= 0.6 is 0 Å². The number of hydrogen-bond donors (Lipinski definition) is 1. The summed E-state index contributed by atoms with van der Waals surface area (Å²) in [5, 5.41) is 2.47. The highest BCUT2D eigenvalue weighted by Crippen LogP contribution is 2.39. The quantitative estimate of drug-likeness (QED) is 0.503. The Hall–Kier alpha value is -2.91. The van der Waals surface area contributed by atoms with Crippen molar-refractivity contribution in [2.75, 3.05) is 25.1 Å². The average molecular weight is 439 g/mol. The number of alkyl halides is 3. The predicted octanol–water partition coefficient (Wildman–Crippen LogP) is 5.10. The zero-order chi connectivity index (χ0) is 22.6. The van der Waals surface area contributed by atoms with E-state index in [1.165, 1.54) is 30.3 Å². The maximum absolute atomic E-state index is 13.9. The number of carbonyl (C=O) groups is 1. The van der Waals surface area contributed by atoms with Gasteiger partial charge in [-0.05, 0) is 31.2 Å². The summed E-state index contributed by atoms with van der Waals surface area (Å²) in [4.78, 5) is 12.7. The van der Waals surface area contributed by atoms with E-state index in [9.17, 15) is 22.4 Å². The molecule has 0 spiro atoms. The molecule has 0 unspecified atom stereocenters. The molecule has 3 rings (SSSR count). The molecule has 0 radical (unpaired) electrons. The highest BCUT2D eigenvalue weighted by molar-refractivity contribution is 5.95. The Bertz CT molecular complexity index is 953. The van der Waals surface area contributed by atoms with Gasteiger partial charge in [0.2, 0.25) is 5.91 Å². The standard InChI is InChI=1S/C22H21F4NO4/c1-3-10-29-18-9-8-14(11-16(18)22(24,25)26)27-20(28)21(2)12-30-19(31-13-21)15-6-4-5-7-17(15)23/h3-9,11,19H,1,10,12-13H2,2H3,(H,27,28). The highest BCUT2D eigenvalue weighted by Gasteiger charge is 2.41. The van der Waals surface area contributed by atoms with E-state index in [-0.39, 0.29) is 36.8 Å². The second-order valence-electron chi connectivity index (χ2n) is 7.30. The molecule has 9 heteroatoms. The molecule has 5 nitrogen and oxygen atoms in total. The molecule has 1 fully saturated rings. The molecular formula is C22H21F4NO4. The number of nitrogens with one attached hydrogen (secondary N) is 1. The van der Waals surface area contributed by atoms with Gasteiger partial charge in [-0.3, -0.25) is 4.79 Å². The smallest absolute Gasteiger partial charge is 0.420 e. The number of carbonyl (C=O) groups excluding carboxylic acids is 1. The Kier molecular flexibility index (Phi) is 6.66. The maximum atomic E-state index is 13.9. The molecule has 1 heterocycles. The number of amides is 1. The third-order valence-corrected chi connectivity index (χ3v) is 4.71. The van der Waals surface area contributed by atoms with Gasteiger partial charge in [-0.2, -0.15) is 13.2 Å². The summed E-state index contributed by atoms with van der Waals surface area (Å²) in [7, 11) is 0. The van der Waals surface area contributed by atoms with Crippen molar-refractivity contribution in [1.82, 2.24) is 0 Å². The van der Waals surface area contributed by atoms with E-state index >= 15 is 0 Å². The van der Waals surface area contributed by atoms with Gasteiger partial charge in [0, 0.05) is 11.3 Å². The number of hydrogen-bond acceptors (Lipinski definition) is 4. The van der Waals surface area contributed by atoms with Crippen LogP contribution in [0.4, 0.5) is 23.2 Å². The van der Waals surface area contributed by atoms with Gasteiger partial charge in [-0.15, -0.1) is 0 Å². The first-order valence-corrected chi connectivity index (χ1v) is 9.38. The van der Waals surface area contributed by atoms with Crippen LogP contribution in [0.25, 0.3) is 0 Å². The summed E-state index contributed by atoms with van der Waals surface area (Å²) in [5.74, 6) is -1.46. The number of benzene rings is 2. The van der Waals surface area contributed by atoms with E-state index in [1.54, 1.807) is 13.0 Å². The van der Waals surface area contributed by atoms with E-state index in [0.717, 1.165) is 12.1 Å². The Morgan fingerprint density at radius 2 is 1.94 bits per heavy atom. The van der Waals surface area contributed by atoms with Crippen molar-refractivity contribution < 1.29 is 36.6 Å². The van der Waals surface area contributed by atoms with Crippen molar-refractivity contribution in [3.8, 4) is 5.75 Å². The predicted molar refractivity (Wildman–Crippen MR) is 105 cm³/mol. The molecule has 0 aliphatic carbocycles. The summed E-state index contributed by atoms with van der Waals surface area (Å²) in [6.07, 6.45) is -4.32. The second kappa shape index (κ2) is 9.07. The molecule has 31 heavy (non-hydrogen) atoms. The van der Waals surface area contributed by atoms with Crippen molar-refractivity contribution >= 4 is 11.6 Å². The van der Waals surface area contributed by atoms with Gasteiger partial charge in [-0.25, -0.2) is 4.39 Å². The van der Waals surface area contributed by atoms with E-state index in [0.29, 0.717) is 0 Å². The Morgan fingerprint density at radius 1 is 1.26 bits per heavy atom. The van der Waals surface area contributed by atoms with Crippen molar-refractivity contribution in [3.05, 3.63) is 72.1 Å². The Morgan fingerprint density at radius 3 is 2.55 bits per heavy atom. The van der Waals surface area contributed by atoms with Gasteiger partial charge in [0.1, 0.15) is 18.2 Å². The molecule has 166 valence electrons. The second-order valence-corrected chi connectivity index (χ2v) is 7.30. The normalized spacial score (nSPS) is 21.4. The highest BCUT2D eigenvalue weighted by atomic mass is 19.4.